The molecule has 0 N–H and O–H groups in total. The van der Waals surface area contributed by atoms with Crippen molar-refractivity contribution in [3.05, 3.63) is 53.1 Å². The number of rotatable bonds is 5. The number of halogens is 1. The SMILES string of the molecule is Cc1cc(C(=O)CN2CCN(c3ccccc3F)CC2)c(C)n1C1CC1. The summed E-state index contributed by atoms with van der Waals surface area (Å²) >= 11 is 0. The zero-order chi connectivity index (χ0) is 18.3. The molecule has 138 valence electrons. The highest BCUT2D eigenvalue weighted by molar-refractivity contribution is 5.99. The fourth-order valence-electron chi connectivity index (χ4n) is 4.10. The number of aromatic nitrogens is 1. The quantitative estimate of drug-likeness (QED) is 0.768. The van der Waals surface area contributed by atoms with Crippen LogP contribution in [0.25, 0.3) is 0 Å². The Morgan fingerprint density at radius 3 is 2.46 bits per heavy atom. The summed E-state index contributed by atoms with van der Waals surface area (Å²) in [7, 11) is 0. The first-order valence-corrected chi connectivity index (χ1v) is 9.48. The first-order chi connectivity index (χ1) is 12.5. The monoisotopic (exact) mass is 355 g/mol. The molecule has 1 aromatic heterocycles. The summed E-state index contributed by atoms with van der Waals surface area (Å²) in [6.07, 6.45) is 2.45. The van der Waals surface area contributed by atoms with Gasteiger partial charge in [-0.15, -0.1) is 0 Å². The predicted octanol–water partition coefficient (Wildman–Crippen LogP) is 3.58. The zero-order valence-electron chi connectivity index (χ0n) is 15.5. The molecular formula is C21H26FN3O. The molecule has 0 bridgehead atoms. The van der Waals surface area contributed by atoms with Gasteiger partial charge >= 0.3 is 0 Å². The van der Waals surface area contributed by atoms with Gasteiger partial charge in [-0.3, -0.25) is 9.69 Å². The average molecular weight is 355 g/mol. The van der Waals surface area contributed by atoms with Gasteiger partial charge in [-0.2, -0.15) is 0 Å². The number of benzene rings is 1. The van der Waals surface area contributed by atoms with Crippen LogP contribution in [0, 0.1) is 19.7 Å². The lowest BCUT2D eigenvalue weighted by atomic mass is 10.1. The van der Waals surface area contributed by atoms with Crippen LogP contribution in [-0.4, -0.2) is 48.0 Å². The van der Waals surface area contributed by atoms with E-state index in [9.17, 15) is 9.18 Å². The van der Waals surface area contributed by atoms with Crippen LogP contribution in [0.15, 0.2) is 30.3 Å². The second kappa shape index (κ2) is 6.88. The molecule has 0 atom stereocenters. The molecule has 1 aliphatic heterocycles. The first kappa shape index (κ1) is 17.3. The molecule has 2 aromatic rings. The number of hydrogen-bond donors (Lipinski definition) is 0. The summed E-state index contributed by atoms with van der Waals surface area (Å²) in [5.41, 5.74) is 3.83. The summed E-state index contributed by atoms with van der Waals surface area (Å²) in [5, 5.41) is 0. The van der Waals surface area contributed by atoms with Gasteiger partial charge in [0.15, 0.2) is 5.78 Å². The number of carbonyl (C=O) groups excluding carboxylic acids is 1. The highest BCUT2D eigenvalue weighted by atomic mass is 19.1. The van der Waals surface area contributed by atoms with E-state index in [-0.39, 0.29) is 11.6 Å². The van der Waals surface area contributed by atoms with E-state index in [2.05, 4.69) is 28.2 Å². The van der Waals surface area contributed by atoms with Gasteiger partial charge in [0.1, 0.15) is 5.82 Å². The van der Waals surface area contributed by atoms with Gasteiger partial charge in [0.2, 0.25) is 0 Å². The van der Waals surface area contributed by atoms with Crippen LogP contribution in [0.2, 0.25) is 0 Å². The maximum Gasteiger partial charge on any atom is 0.178 e. The molecule has 0 unspecified atom stereocenters. The lowest BCUT2D eigenvalue weighted by Crippen LogP contribution is -2.48. The van der Waals surface area contributed by atoms with E-state index in [1.807, 2.05) is 18.2 Å². The smallest absolute Gasteiger partial charge is 0.178 e. The molecule has 1 saturated carbocycles. The molecule has 2 heterocycles. The first-order valence-electron chi connectivity index (χ1n) is 9.48. The Hall–Kier alpha value is -2.14. The van der Waals surface area contributed by atoms with Crippen LogP contribution in [0.3, 0.4) is 0 Å². The Kier molecular flexibility index (Phi) is 4.57. The molecule has 5 heteroatoms. The molecule has 1 aromatic carbocycles. The number of nitrogens with zero attached hydrogens (tertiary/aromatic N) is 3. The van der Waals surface area contributed by atoms with Crippen LogP contribution in [0.4, 0.5) is 10.1 Å². The summed E-state index contributed by atoms with van der Waals surface area (Å²) < 4.78 is 16.3. The number of anilines is 1. The molecule has 4 rings (SSSR count). The Balaban J connectivity index is 1.38. The number of Topliss-reactive ketones (excluding diaryl/α,β-unsaturated/α-hetero) is 1. The number of carbonyl (C=O) groups is 1. The second-order valence-corrected chi connectivity index (χ2v) is 7.52. The Morgan fingerprint density at radius 2 is 1.81 bits per heavy atom. The molecule has 0 radical (unpaired) electrons. The van der Waals surface area contributed by atoms with Crippen molar-refractivity contribution < 1.29 is 9.18 Å². The van der Waals surface area contributed by atoms with Crippen LogP contribution in [0.5, 0.6) is 0 Å². The molecule has 1 aliphatic carbocycles. The van der Waals surface area contributed by atoms with Crippen molar-refractivity contribution in [3.63, 3.8) is 0 Å². The summed E-state index contributed by atoms with van der Waals surface area (Å²) in [4.78, 5) is 17.1. The van der Waals surface area contributed by atoms with E-state index in [1.165, 1.54) is 24.6 Å². The molecule has 26 heavy (non-hydrogen) atoms. The zero-order valence-corrected chi connectivity index (χ0v) is 15.5. The summed E-state index contributed by atoms with van der Waals surface area (Å²) in [6.45, 7) is 7.65. The van der Waals surface area contributed by atoms with Crippen molar-refractivity contribution in [2.45, 2.75) is 32.7 Å². The Morgan fingerprint density at radius 1 is 1.12 bits per heavy atom. The Labute approximate surface area is 154 Å². The molecule has 2 aliphatic rings. The fourth-order valence-corrected chi connectivity index (χ4v) is 4.10. The van der Waals surface area contributed by atoms with Crippen LogP contribution in [-0.2, 0) is 0 Å². The van der Waals surface area contributed by atoms with E-state index >= 15 is 0 Å². The fraction of sp³-hybridized carbons (Fsp3) is 0.476. The number of piperazine rings is 1. The van der Waals surface area contributed by atoms with Crippen LogP contribution in [0.1, 0.15) is 40.6 Å². The van der Waals surface area contributed by atoms with Gasteiger partial charge in [0.05, 0.1) is 12.2 Å². The minimum absolute atomic E-state index is 0.176. The van der Waals surface area contributed by atoms with Crippen molar-refractivity contribution in [2.24, 2.45) is 0 Å². The van der Waals surface area contributed by atoms with E-state index in [0.717, 1.165) is 37.4 Å². The molecule has 0 amide bonds. The van der Waals surface area contributed by atoms with Gasteiger partial charge in [-0.05, 0) is 44.9 Å². The topological polar surface area (TPSA) is 28.5 Å². The molecule has 2 fully saturated rings. The lowest BCUT2D eigenvalue weighted by Gasteiger charge is -2.35. The van der Waals surface area contributed by atoms with Gasteiger partial charge in [0.25, 0.3) is 0 Å². The molecule has 1 saturated heterocycles. The molecule has 4 nitrogen and oxygen atoms in total. The third-order valence-corrected chi connectivity index (χ3v) is 5.63. The molecule has 0 spiro atoms. The third-order valence-electron chi connectivity index (χ3n) is 5.63. The van der Waals surface area contributed by atoms with Crippen LogP contribution < -0.4 is 4.90 Å². The maximum absolute atomic E-state index is 13.9. The van der Waals surface area contributed by atoms with Crippen molar-refractivity contribution in [3.8, 4) is 0 Å². The standard InChI is InChI=1S/C21H26FN3O/c1-15-13-18(16(2)25(15)17-7-8-17)21(26)14-23-9-11-24(12-10-23)20-6-4-3-5-19(20)22/h3-6,13,17H,7-12,14H2,1-2H3. The maximum atomic E-state index is 13.9. The number of aryl methyl sites for hydroxylation is 1. The van der Waals surface area contributed by atoms with Crippen molar-refractivity contribution in [1.82, 2.24) is 9.47 Å². The number of para-hydroxylation sites is 1. The van der Waals surface area contributed by atoms with Crippen molar-refractivity contribution in [2.75, 3.05) is 37.6 Å². The molecular weight excluding hydrogens is 329 g/mol. The highest BCUT2D eigenvalue weighted by Crippen LogP contribution is 2.38. The normalized spacial score (nSPS) is 18.3. The van der Waals surface area contributed by atoms with Crippen LogP contribution >= 0.6 is 0 Å². The highest BCUT2D eigenvalue weighted by Gasteiger charge is 2.29. The average Bonchev–Trinajstić information content (AvgIpc) is 3.41. The van der Waals surface area contributed by atoms with Gasteiger partial charge in [-0.25, -0.2) is 4.39 Å². The van der Waals surface area contributed by atoms with Gasteiger partial charge < -0.3 is 9.47 Å². The van der Waals surface area contributed by atoms with E-state index in [0.29, 0.717) is 18.3 Å². The number of ketones is 1. The van der Waals surface area contributed by atoms with Crippen molar-refractivity contribution >= 4 is 11.5 Å². The minimum atomic E-state index is -0.176. The van der Waals surface area contributed by atoms with Gasteiger partial charge in [0, 0.05) is 49.2 Å². The summed E-state index contributed by atoms with van der Waals surface area (Å²) in [5.74, 6) is 0.0221. The number of hydrogen-bond acceptors (Lipinski definition) is 3. The van der Waals surface area contributed by atoms with E-state index < -0.39 is 0 Å². The predicted molar refractivity (Wildman–Crippen MR) is 102 cm³/mol. The minimum Gasteiger partial charge on any atom is -0.367 e. The van der Waals surface area contributed by atoms with E-state index in [4.69, 9.17) is 0 Å². The Bertz CT molecular complexity index is 817. The summed E-state index contributed by atoms with van der Waals surface area (Å²) in [6, 6.07) is 9.55. The second-order valence-electron chi connectivity index (χ2n) is 7.52. The van der Waals surface area contributed by atoms with E-state index in [1.54, 1.807) is 6.07 Å². The lowest BCUT2D eigenvalue weighted by molar-refractivity contribution is 0.0925. The largest absolute Gasteiger partial charge is 0.367 e. The van der Waals surface area contributed by atoms with Gasteiger partial charge in [-0.1, -0.05) is 12.1 Å². The van der Waals surface area contributed by atoms with Crippen molar-refractivity contribution in [1.29, 1.82) is 0 Å². The third kappa shape index (κ3) is 3.28.